The zero-order chi connectivity index (χ0) is 15.4. The summed E-state index contributed by atoms with van der Waals surface area (Å²) >= 11 is 0. The number of nitro groups is 1. The van der Waals surface area contributed by atoms with Gasteiger partial charge in [-0.05, 0) is 12.1 Å². The molecule has 0 bridgehead atoms. The van der Waals surface area contributed by atoms with E-state index >= 15 is 0 Å². The van der Waals surface area contributed by atoms with Crippen molar-refractivity contribution >= 4 is 17.3 Å². The predicted octanol–water partition coefficient (Wildman–Crippen LogP) is 2.76. The highest BCUT2D eigenvalue weighted by Gasteiger charge is 2.17. The van der Waals surface area contributed by atoms with Gasteiger partial charge in [-0.25, -0.2) is 0 Å². The minimum absolute atomic E-state index is 0.0521. The van der Waals surface area contributed by atoms with Crippen LogP contribution in [0.3, 0.4) is 0 Å². The van der Waals surface area contributed by atoms with E-state index in [0.717, 1.165) is 6.07 Å². The number of phenols is 1. The van der Waals surface area contributed by atoms with Crippen molar-refractivity contribution in [3.05, 3.63) is 69.8 Å². The highest BCUT2D eigenvalue weighted by Crippen LogP contribution is 2.20. The van der Waals surface area contributed by atoms with Crippen molar-refractivity contribution in [3.8, 4) is 5.75 Å². The first kappa shape index (κ1) is 14.4. The lowest BCUT2D eigenvalue weighted by atomic mass is 10.0. The first-order chi connectivity index (χ1) is 9.99. The Kier molecular flexibility index (Phi) is 4.08. The third kappa shape index (κ3) is 3.30. The standard InChI is InChI=1S/C15H11NO5/c17-13-7-2-1-6-12(13)15(19)9-14(18)10-4-3-5-11(8-10)16(20)21/h1-8,17H,9H2. The molecule has 0 saturated carbocycles. The highest BCUT2D eigenvalue weighted by molar-refractivity contribution is 6.14. The van der Waals surface area contributed by atoms with Gasteiger partial charge in [0.05, 0.1) is 16.9 Å². The summed E-state index contributed by atoms with van der Waals surface area (Å²) in [5, 5.41) is 20.2. The van der Waals surface area contributed by atoms with E-state index in [2.05, 4.69) is 0 Å². The molecule has 6 heteroatoms. The van der Waals surface area contributed by atoms with Crippen molar-refractivity contribution in [2.45, 2.75) is 6.42 Å². The normalized spacial score (nSPS) is 10.1. The number of rotatable bonds is 5. The minimum atomic E-state index is -0.609. The summed E-state index contributed by atoms with van der Waals surface area (Å²) < 4.78 is 0. The Bertz CT molecular complexity index is 724. The Morgan fingerprint density at radius 1 is 1.05 bits per heavy atom. The van der Waals surface area contributed by atoms with E-state index in [1.54, 1.807) is 12.1 Å². The second kappa shape index (κ2) is 5.96. The number of benzene rings is 2. The van der Waals surface area contributed by atoms with Crippen LogP contribution in [0.4, 0.5) is 5.69 Å². The van der Waals surface area contributed by atoms with Crippen LogP contribution in [0, 0.1) is 10.1 Å². The third-order valence-electron chi connectivity index (χ3n) is 2.90. The Hall–Kier alpha value is -3.02. The zero-order valence-corrected chi connectivity index (χ0v) is 10.9. The van der Waals surface area contributed by atoms with Crippen LogP contribution in [0.25, 0.3) is 0 Å². The van der Waals surface area contributed by atoms with Crippen molar-refractivity contribution in [3.63, 3.8) is 0 Å². The van der Waals surface area contributed by atoms with Crippen LogP contribution in [-0.4, -0.2) is 21.6 Å². The minimum Gasteiger partial charge on any atom is -0.507 e. The summed E-state index contributed by atoms with van der Waals surface area (Å²) in [5.41, 5.74) is -0.0693. The fourth-order valence-corrected chi connectivity index (χ4v) is 1.85. The summed E-state index contributed by atoms with van der Waals surface area (Å²) in [7, 11) is 0. The quantitative estimate of drug-likeness (QED) is 0.394. The molecular weight excluding hydrogens is 274 g/mol. The largest absolute Gasteiger partial charge is 0.507 e. The fraction of sp³-hybridized carbons (Fsp3) is 0.0667. The van der Waals surface area contributed by atoms with Gasteiger partial charge in [0.1, 0.15) is 5.75 Å². The third-order valence-corrected chi connectivity index (χ3v) is 2.90. The number of phenolic OH excluding ortho intramolecular Hbond substituents is 1. The molecule has 6 nitrogen and oxygen atoms in total. The number of ketones is 2. The molecule has 0 aliphatic rings. The lowest BCUT2D eigenvalue weighted by Crippen LogP contribution is -2.09. The van der Waals surface area contributed by atoms with E-state index in [4.69, 9.17) is 0 Å². The lowest BCUT2D eigenvalue weighted by molar-refractivity contribution is -0.384. The second-order valence-electron chi connectivity index (χ2n) is 4.35. The first-order valence-electron chi connectivity index (χ1n) is 6.08. The fourth-order valence-electron chi connectivity index (χ4n) is 1.85. The molecular formula is C15H11NO5. The maximum Gasteiger partial charge on any atom is 0.270 e. The Morgan fingerprint density at radius 3 is 2.43 bits per heavy atom. The van der Waals surface area contributed by atoms with Gasteiger partial charge in [0, 0.05) is 17.7 Å². The monoisotopic (exact) mass is 285 g/mol. The number of hydrogen-bond acceptors (Lipinski definition) is 5. The molecule has 0 radical (unpaired) electrons. The summed E-state index contributed by atoms with van der Waals surface area (Å²) in [6.07, 6.45) is -0.460. The van der Waals surface area contributed by atoms with Gasteiger partial charge in [0.15, 0.2) is 11.6 Å². The Balaban J connectivity index is 2.19. The van der Waals surface area contributed by atoms with Crippen molar-refractivity contribution in [2.24, 2.45) is 0 Å². The zero-order valence-electron chi connectivity index (χ0n) is 10.9. The molecule has 1 N–H and O–H groups in total. The number of para-hydroxylation sites is 1. The van der Waals surface area contributed by atoms with Crippen molar-refractivity contribution in [1.29, 1.82) is 0 Å². The summed E-state index contributed by atoms with van der Waals surface area (Å²) in [5.74, 6) is -1.27. The molecule has 0 saturated heterocycles. The number of hydrogen-bond donors (Lipinski definition) is 1. The summed E-state index contributed by atoms with van der Waals surface area (Å²) in [6.45, 7) is 0. The van der Waals surface area contributed by atoms with Crippen LogP contribution in [-0.2, 0) is 0 Å². The van der Waals surface area contributed by atoms with Crippen molar-refractivity contribution in [1.82, 2.24) is 0 Å². The van der Waals surface area contributed by atoms with Crippen LogP contribution in [0.15, 0.2) is 48.5 Å². The molecule has 0 aliphatic heterocycles. The average molecular weight is 285 g/mol. The van der Waals surface area contributed by atoms with Crippen LogP contribution in [0.1, 0.15) is 27.1 Å². The van der Waals surface area contributed by atoms with Gasteiger partial charge in [0.25, 0.3) is 5.69 Å². The molecule has 21 heavy (non-hydrogen) atoms. The molecule has 0 aliphatic carbocycles. The Morgan fingerprint density at radius 2 is 1.76 bits per heavy atom. The number of aromatic hydroxyl groups is 1. The molecule has 2 aromatic carbocycles. The number of non-ortho nitro benzene ring substituents is 1. The van der Waals surface area contributed by atoms with E-state index < -0.39 is 22.9 Å². The summed E-state index contributed by atoms with van der Waals surface area (Å²) in [6, 6.07) is 11.1. The van der Waals surface area contributed by atoms with Gasteiger partial charge in [0.2, 0.25) is 0 Å². The number of nitrogens with zero attached hydrogens (tertiary/aromatic N) is 1. The van der Waals surface area contributed by atoms with E-state index in [1.165, 1.54) is 30.3 Å². The van der Waals surface area contributed by atoms with Gasteiger partial charge < -0.3 is 5.11 Å². The van der Waals surface area contributed by atoms with Crippen LogP contribution < -0.4 is 0 Å². The topological polar surface area (TPSA) is 97.5 Å². The van der Waals surface area contributed by atoms with Gasteiger partial charge in [-0.3, -0.25) is 19.7 Å². The van der Waals surface area contributed by atoms with Crippen molar-refractivity contribution in [2.75, 3.05) is 0 Å². The number of nitro benzene ring substituents is 1. The molecule has 0 fully saturated rings. The lowest BCUT2D eigenvalue weighted by Gasteiger charge is -2.03. The van der Waals surface area contributed by atoms with Gasteiger partial charge >= 0.3 is 0 Å². The van der Waals surface area contributed by atoms with E-state index in [9.17, 15) is 24.8 Å². The average Bonchev–Trinajstić information content (AvgIpc) is 2.47. The van der Waals surface area contributed by atoms with Gasteiger partial charge in [-0.2, -0.15) is 0 Å². The number of carbonyl (C=O) groups excluding carboxylic acids is 2. The van der Waals surface area contributed by atoms with Crippen LogP contribution in [0.5, 0.6) is 5.75 Å². The van der Waals surface area contributed by atoms with Crippen LogP contribution in [0.2, 0.25) is 0 Å². The predicted molar refractivity (Wildman–Crippen MR) is 74.5 cm³/mol. The summed E-state index contributed by atoms with van der Waals surface area (Å²) in [4.78, 5) is 34.0. The molecule has 2 aromatic rings. The second-order valence-corrected chi connectivity index (χ2v) is 4.35. The molecule has 0 aromatic heterocycles. The molecule has 0 atom stereocenters. The maximum atomic E-state index is 12.0. The van der Waals surface area contributed by atoms with Gasteiger partial charge in [-0.1, -0.05) is 24.3 Å². The highest BCUT2D eigenvalue weighted by atomic mass is 16.6. The molecule has 0 heterocycles. The van der Waals surface area contributed by atoms with Gasteiger partial charge in [-0.15, -0.1) is 0 Å². The van der Waals surface area contributed by atoms with Crippen LogP contribution >= 0.6 is 0 Å². The smallest absolute Gasteiger partial charge is 0.270 e. The number of Topliss-reactive ketones (excluding diaryl/α,β-unsaturated/α-hetero) is 2. The SMILES string of the molecule is O=C(CC(=O)c1ccccc1O)c1cccc([N+](=O)[O-])c1. The first-order valence-corrected chi connectivity index (χ1v) is 6.08. The molecule has 0 spiro atoms. The molecule has 0 amide bonds. The number of carbonyl (C=O) groups is 2. The van der Waals surface area contributed by atoms with Crippen molar-refractivity contribution < 1.29 is 19.6 Å². The van der Waals surface area contributed by atoms with E-state index in [0.29, 0.717) is 0 Å². The van der Waals surface area contributed by atoms with E-state index in [-0.39, 0.29) is 22.6 Å². The van der Waals surface area contributed by atoms with E-state index in [1.807, 2.05) is 0 Å². The Labute approximate surface area is 119 Å². The molecule has 106 valence electrons. The molecule has 2 rings (SSSR count). The maximum absolute atomic E-state index is 12.0. The molecule has 0 unspecified atom stereocenters.